The Hall–Kier alpha value is -2.12. The van der Waals surface area contributed by atoms with Gasteiger partial charge in [0.05, 0.1) is 32.7 Å². The molecule has 0 aromatic carbocycles. The number of ether oxygens (including phenoxy) is 4. The van der Waals surface area contributed by atoms with Crippen molar-refractivity contribution in [1.29, 1.82) is 0 Å². The lowest BCUT2D eigenvalue weighted by Crippen LogP contribution is -2.48. The monoisotopic (exact) mass is 416 g/mol. The van der Waals surface area contributed by atoms with Gasteiger partial charge in [-0.25, -0.2) is 4.79 Å². The lowest BCUT2D eigenvalue weighted by atomic mass is 9.94. The van der Waals surface area contributed by atoms with Crippen LogP contribution >= 0.6 is 0 Å². The van der Waals surface area contributed by atoms with Crippen LogP contribution in [0.3, 0.4) is 0 Å². The average Bonchev–Trinajstić information content (AvgIpc) is 2.64. The van der Waals surface area contributed by atoms with Crippen molar-refractivity contribution >= 4 is 23.9 Å². The molecular formula is C21H36O8. The van der Waals surface area contributed by atoms with Crippen LogP contribution in [0.1, 0.15) is 85.5 Å². The van der Waals surface area contributed by atoms with E-state index in [1.165, 1.54) is 0 Å². The molecule has 0 atom stereocenters. The molecule has 0 aliphatic carbocycles. The molecule has 0 amide bonds. The third kappa shape index (κ3) is 11.5. The minimum atomic E-state index is -2.09. The number of rotatable bonds is 16. The first-order valence-electron chi connectivity index (χ1n) is 10.5. The van der Waals surface area contributed by atoms with Gasteiger partial charge in [0.15, 0.2) is 0 Å². The summed E-state index contributed by atoms with van der Waals surface area (Å²) >= 11 is 0. The fourth-order valence-corrected chi connectivity index (χ4v) is 2.79. The first-order chi connectivity index (χ1) is 13.8. The van der Waals surface area contributed by atoms with E-state index in [4.69, 9.17) is 18.9 Å². The van der Waals surface area contributed by atoms with Crippen LogP contribution in [0, 0.1) is 0 Å². The second kappa shape index (κ2) is 15.8. The molecule has 0 aromatic rings. The number of unbranched alkanes of at least 4 members (excludes halogenated alkanes) is 5. The van der Waals surface area contributed by atoms with E-state index < -0.39 is 42.3 Å². The summed E-state index contributed by atoms with van der Waals surface area (Å²) in [7, 11) is 0. The third-order valence-electron chi connectivity index (χ3n) is 4.16. The van der Waals surface area contributed by atoms with Gasteiger partial charge in [0, 0.05) is 6.42 Å². The van der Waals surface area contributed by atoms with Crippen LogP contribution in [0.2, 0.25) is 0 Å². The summed E-state index contributed by atoms with van der Waals surface area (Å²) in [6.45, 7) is 7.10. The predicted molar refractivity (Wildman–Crippen MR) is 106 cm³/mol. The van der Waals surface area contributed by atoms with Crippen LogP contribution in [0.5, 0.6) is 0 Å². The van der Waals surface area contributed by atoms with E-state index in [2.05, 4.69) is 6.92 Å². The molecule has 168 valence electrons. The quantitative estimate of drug-likeness (QED) is 0.214. The Balaban J connectivity index is 5.26. The van der Waals surface area contributed by atoms with Gasteiger partial charge in [-0.15, -0.1) is 0 Å². The molecule has 29 heavy (non-hydrogen) atoms. The normalized spacial score (nSPS) is 10.9. The maximum absolute atomic E-state index is 12.6. The van der Waals surface area contributed by atoms with Crippen LogP contribution in [0.25, 0.3) is 0 Å². The zero-order valence-electron chi connectivity index (χ0n) is 18.3. The Morgan fingerprint density at radius 1 is 0.621 bits per heavy atom. The van der Waals surface area contributed by atoms with E-state index >= 15 is 0 Å². The van der Waals surface area contributed by atoms with E-state index in [1.807, 2.05) is 0 Å². The topological polar surface area (TPSA) is 105 Å². The van der Waals surface area contributed by atoms with Crippen molar-refractivity contribution < 1.29 is 38.1 Å². The van der Waals surface area contributed by atoms with E-state index in [9.17, 15) is 19.2 Å². The molecule has 0 aromatic heterocycles. The van der Waals surface area contributed by atoms with Gasteiger partial charge in [0.2, 0.25) is 5.60 Å². The van der Waals surface area contributed by atoms with Gasteiger partial charge >= 0.3 is 23.9 Å². The van der Waals surface area contributed by atoms with Crippen molar-refractivity contribution in [3.63, 3.8) is 0 Å². The van der Waals surface area contributed by atoms with Gasteiger partial charge in [-0.3, -0.25) is 14.4 Å². The molecule has 0 bridgehead atoms. The summed E-state index contributed by atoms with van der Waals surface area (Å²) in [6, 6.07) is 0. The average molecular weight is 417 g/mol. The number of esters is 4. The highest BCUT2D eigenvalue weighted by Gasteiger charge is 2.49. The minimum absolute atomic E-state index is 0.00120. The molecule has 0 aliphatic heterocycles. The second-order valence-corrected chi connectivity index (χ2v) is 6.67. The van der Waals surface area contributed by atoms with Crippen molar-refractivity contribution in [2.24, 2.45) is 0 Å². The molecular weight excluding hydrogens is 380 g/mol. The molecule has 0 radical (unpaired) electrons. The third-order valence-corrected chi connectivity index (χ3v) is 4.16. The molecule has 8 nitrogen and oxygen atoms in total. The summed E-state index contributed by atoms with van der Waals surface area (Å²) in [6.07, 6.45) is 4.71. The lowest BCUT2D eigenvalue weighted by Gasteiger charge is -2.29. The van der Waals surface area contributed by atoms with Crippen molar-refractivity contribution in [3.05, 3.63) is 0 Å². The fourth-order valence-electron chi connectivity index (χ4n) is 2.79. The van der Waals surface area contributed by atoms with Crippen molar-refractivity contribution in [2.45, 2.75) is 91.1 Å². The predicted octanol–water partition coefficient (Wildman–Crippen LogP) is 3.49. The molecule has 0 unspecified atom stereocenters. The van der Waals surface area contributed by atoms with Gasteiger partial charge in [0.1, 0.15) is 0 Å². The summed E-state index contributed by atoms with van der Waals surface area (Å²) in [4.78, 5) is 49.2. The summed E-state index contributed by atoms with van der Waals surface area (Å²) in [5, 5.41) is 0. The van der Waals surface area contributed by atoms with Gasteiger partial charge in [-0.1, -0.05) is 39.0 Å². The lowest BCUT2D eigenvalue weighted by molar-refractivity contribution is -0.191. The van der Waals surface area contributed by atoms with Gasteiger partial charge in [0.25, 0.3) is 0 Å². The smallest absolute Gasteiger partial charge is 0.351 e. The summed E-state index contributed by atoms with van der Waals surface area (Å²) in [5.74, 6) is -3.16. The summed E-state index contributed by atoms with van der Waals surface area (Å²) in [5.41, 5.74) is -2.09. The number of carbonyl (C=O) groups is 4. The molecule has 8 heteroatoms. The van der Waals surface area contributed by atoms with Crippen LogP contribution in [0.15, 0.2) is 0 Å². The van der Waals surface area contributed by atoms with Gasteiger partial charge < -0.3 is 18.9 Å². The van der Waals surface area contributed by atoms with Crippen LogP contribution in [0.4, 0.5) is 0 Å². The maximum Gasteiger partial charge on any atom is 0.351 e. The molecule has 0 heterocycles. The molecule has 0 rings (SSSR count). The standard InChI is InChI=1S/C21H36O8/c1-5-9-10-11-12-13-14-17(22)29-21(20(25)28-8-4,15-18(23)26-6-2)16-19(24)27-7-3/h5-16H2,1-4H3. The SMILES string of the molecule is CCCCCCCCC(=O)OC(CC(=O)OCC)(CC(=O)OCC)C(=O)OCC. The van der Waals surface area contributed by atoms with Crippen LogP contribution in [-0.4, -0.2) is 49.3 Å². The zero-order chi connectivity index (χ0) is 22.1. The molecule has 0 saturated heterocycles. The molecule has 0 fully saturated rings. The van der Waals surface area contributed by atoms with Gasteiger partial charge in [-0.2, -0.15) is 0 Å². The highest BCUT2D eigenvalue weighted by Crippen LogP contribution is 2.26. The Morgan fingerprint density at radius 2 is 1.10 bits per heavy atom. The Labute approximate surface area is 173 Å². The Bertz CT molecular complexity index is 495. The molecule has 0 aliphatic rings. The van der Waals surface area contributed by atoms with Crippen molar-refractivity contribution in [3.8, 4) is 0 Å². The van der Waals surface area contributed by atoms with E-state index in [-0.39, 0.29) is 26.2 Å². The first-order valence-corrected chi connectivity index (χ1v) is 10.5. The van der Waals surface area contributed by atoms with E-state index in [0.717, 1.165) is 32.1 Å². The second-order valence-electron chi connectivity index (χ2n) is 6.67. The number of carbonyl (C=O) groups excluding carboxylic acids is 4. The van der Waals surface area contributed by atoms with E-state index in [0.29, 0.717) is 6.42 Å². The Morgan fingerprint density at radius 3 is 1.59 bits per heavy atom. The summed E-state index contributed by atoms with van der Waals surface area (Å²) < 4.78 is 20.2. The molecule has 0 spiro atoms. The van der Waals surface area contributed by atoms with Crippen molar-refractivity contribution in [1.82, 2.24) is 0 Å². The highest BCUT2D eigenvalue weighted by molar-refractivity contribution is 5.92. The van der Waals surface area contributed by atoms with Crippen LogP contribution < -0.4 is 0 Å². The first kappa shape index (κ1) is 26.9. The number of hydrogen-bond donors (Lipinski definition) is 0. The van der Waals surface area contributed by atoms with Gasteiger partial charge in [-0.05, 0) is 27.2 Å². The zero-order valence-corrected chi connectivity index (χ0v) is 18.3. The van der Waals surface area contributed by atoms with E-state index in [1.54, 1.807) is 20.8 Å². The highest BCUT2D eigenvalue weighted by atomic mass is 16.6. The largest absolute Gasteiger partial charge is 0.466 e. The fraction of sp³-hybridized carbons (Fsp3) is 0.810. The Kier molecular flexibility index (Phi) is 14.6. The minimum Gasteiger partial charge on any atom is -0.466 e. The number of hydrogen-bond acceptors (Lipinski definition) is 8. The molecule has 0 saturated carbocycles. The van der Waals surface area contributed by atoms with Crippen molar-refractivity contribution in [2.75, 3.05) is 19.8 Å². The molecule has 0 N–H and O–H groups in total. The van der Waals surface area contributed by atoms with Crippen LogP contribution in [-0.2, 0) is 38.1 Å². The maximum atomic E-state index is 12.6.